The first-order valence-corrected chi connectivity index (χ1v) is 8.18. The van der Waals surface area contributed by atoms with Crippen LogP contribution in [0.25, 0.3) is 0 Å². The van der Waals surface area contributed by atoms with Gasteiger partial charge in [0.2, 0.25) is 0 Å². The Bertz CT molecular complexity index is 276. The molecule has 0 aromatic heterocycles. The molecule has 0 rings (SSSR count). The Morgan fingerprint density at radius 1 is 1.43 bits per heavy atom. The van der Waals surface area contributed by atoms with Gasteiger partial charge in [-0.1, -0.05) is 25.6 Å². The molecule has 0 unspecified atom stereocenters. The molecule has 0 radical (unpaired) electrons. The molecule has 78 valence electrons. The van der Waals surface area contributed by atoms with Gasteiger partial charge in [-0.3, -0.25) is 4.79 Å². The zero-order valence-corrected chi connectivity index (χ0v) is 10.5. The minimum Gasteiger partial charge on any atom is -0.459 e. The molecule has 0 aliphatic rings. The molecular formula is C11H18O2Si. The van der Waals surface area contributed by atoms with Crippen molar-refractivity contribution in [1.29, 1.82) is 0 Å². The van der Waals surface area contributed by atoms with Gasteiger partial charge in [-0.2, -0.15) is 0 Å². The summed E-state index contributed by atoms with van der Waals surface area (Å²) in [5.74, 6) is 2.71. The van der Waals surface area contributed by atoms with E-state index in [2.05, 4.69) is 31.1 Å². The summed E-state index contributed by atoms with van der Waals surface area (Å²) in [5.41, 5.74) is 3.19. The highest BCUT2D eigenvalue weighted by atomic mass is 28.3. The van der Waals surface area contributed by atoms with Gasteiger partial charge < -0.3 is 4.74 Å². The molecule has 3 heteroatoms. The fourth-order valence-electron chi connectivity index (χ4n) is 0.743. The zero-order valence-electron chi connectivity index (χ0n) is 9.55. The monoisotopic (exact) mass is 210 g/mol. The van der Waals surface area contributed by atoms with Crippen molar-refractivity contribution in [2.45, 2.75) is 39.6 Å². The van der Waals surface area contributed by atoms with Crippen molar-refractivity contribution < 1.29 is 9.53 Å². The summed E-state index contributed by atoms with van der Waals surface area (Å²) in [6.45, 7) is 9.77. The molecule has 0 saturated carbocycles. The van der Waals surface area contributed by atoms with Crippen LogP contribution in [-0.4, -0.2) is 20.1 Å². The van der Waals surface area contributed by atoms with Crippen LogP contribution in [0.1, 0.15) is 13.8 Å². The normalized spacial score (nSPS) is 13.2. The summed E-state index contributed by atoms with van der Waals surface area (Å²) >= 11 is 0. The third-order valence-electron chi connectivity index (χ3n) is 1.25. The van der Waals surface area contributed by atoms with Crippen LogP contribution in [0.2, 0.25) is 19.6 Å². The van der Waals surface area contributed by atoms with Gasteiger partial charge in [-0.05, 0) is 19.1 Å². The molecule has 0 aliphatic heterocycles. The third kappa shape index (κ3) is 9.08. The van der Waals surface area contributed by atoms with Crippen LogP contribution in [0.15, 0.2) is 12.2 Å². The summed E-state index contributed by atoms with van der Waals surface area (Å²) in [7, 11) is -1.28. The molecule has 0 heterocycles. The van der Waals surface area contributed by atoms with Crippen molar-refractivity contribution >= 4 is 14.0 Å². The molecule has 0 aromatic carbocycles. The van der Waals surface area contributed by atoms with Crippen molar-refractivity contribution in [3.63, 3.8) is 0 Å². The second-order valence-corrected chi connectivity index (χ2v) is 8.94. The van der Waals surface area contributed by atoms with E-state index in [1.807, 2.05) is 6.92 Å². The van der Waals surface area contributed by atoms with E-state index in [-0.39, 0.29) is 12.1 Å². The Labute approximate surface area is 87.4 Å². The van der Waals surface area contributed by atoms with Gasteiger partial charge in [-0.25, -0.2) is 0 Å². The van der Waals surface area contributed by atoms with Gasteiger partial charge in [0.05, 0.1) is 0 Å². The molecule has 1 atom stereocenters. The first-order chi connectivity index (χ1) is 6.31. The highest BCUT2D eigenvalue weighted by Crippen LogP contribution is 1.97. The Morgan fingerprint density at radius 2 is 2.00 bits per heavy atom. The molecule has 0 N–H and O–H groups in total. The third-order valence-corrected chi connectivity index (χ3v) is 2.14. The second kappa shape index (κ2) is 5.66. The van der Waals surface area contributed by atoms with Crippen LogP contribution < -0.4 is 0 Å². The van der Waals surface area contributed by atoms with Gasteiger partial charge in [-0.15, -0.1) is 5.54 Å². The van der Waals surface area contributed by atoms with Crippen molar-refractivity contribution in [3.8, 4) is 11.5 Å². The lowest BCUT2D eigenvalue weighted by Gasteiger charge is -2.05. The fraction of sp³-hybridized carbons (Fsp3) is 0.545. The molecular weight excluding hydrogens is 192 g/mol. The fourth-order valence-corrected chi connectivity index (χ4v) is 1.26. The van der Waals surface area contributed by atoms with Crippen molar-refractivity contribution in [3.05, 3.63) is 12.2 Å². The van der Waals surface area contributed by atoms with Crippen LogP contribution in [0.5, 0.6) is 0 Å². The van der Waals surface area contributed by atoms with Crippen LogP contribution in [0, 0.1) is 11.5 Å². The number of carbonyl (C=O) groups excluding carboxylic acids is 1. The van der Waals surface area contributed by atoms with Crippen molar-refractivity contribution in [2.24, 2.45) is 0 Å². The average Bonchev–Trinajstić information content (AvgIpc) is 1.95. The van der Waals surface area contributed by atoms with E-state index in [9.17, 15) is 4.79 Å². The number of rotatable bonds is 2. The molecule has 0 aliphatic carbocycles. The van der Waals surface area contributed by atoms with E-state index in [0.29, 0.717) is 0 Å². The van der Waals surface area contributed by atoms with E-state index < -0.39 is 8.07 Å². The maximum absolute atomic E-state index is 10.6. The Kier molecular flexibility index (Phi) is 5.25. The quantitative estimate of drug-likeness (QED) is 0.397. The molecule has 0 aromatic rings. The minimum atomic E-state index is -1.28. The Morgan fingerprint density at radius 3 is 2.43 bits per heavy atom. The topological polar surface area (TPSA) is 26.3 Å². The first kappa shape index (κ1) is 13.0. The number of carbonyl (C=O) groups is 1. The van der Waals surface area contributed by atoms with E-state index in [1.54, 1.807) is 12.2 Å². The summed E-state index contributed by atoms with van der Waals surface area (Å²) in [6.07, 6.45) is 3.35. The summed E-state index contributed by atoms with van der Waals surface area (Å²) in [4.78, 5) is 10.6. The Balaban J connectivity index is 4.04. The maximum Gasteiger partial charge on any atom is 0.303 e. The summed E-state index contributed by atoms with van der Waals surface area (Å²) in [5, 5.41) is 0. The number of hydrogen-bond donors (Lipinski definition) is 0. The van der Waals surface area contributed by atoms with Gasteiger partial charge >= 0.3 is 5.97 Å². The van der Waals surface area contributed by atoms with Crippen LogP contribution >= 0.6 is 0 Å². The maximum atomic E-state index is 10.6. The number of esters is 1. The lowest BCUT2D eigenvalue weighted by Crippen LogP contribution is -2.16. The van der Waals surface area contributed by atoms with Gasteiger partial charge in [0.25, 0.3) is 0 Å². The predicted molar refractivity (Wildman–Crippen MR) is 61.5 cm³/mol. The highest BCUT2D eigenvalue weighted by Gasteiger charge is 2.06. The molecule has 0 bridgehead atoms. The van der Waals surface area contributed by atoms with E-state index >= 15 is 0 Å². The lowest BCUT2D eigenvalue weighted by molar-refractivity contribution is -0.143. The van der Waals surface area contributed by atoms with Crippen molar-refractivity contribution in [2.75, 3.05) is 0 Å². The number of ether oxygens (including phenoxy) is 1. The summed E-state index contributed by atoms with van der Waals surface area (Å²) < 4.78 is 4.90. The molecule has 2 nitrogen and oxygen atoms in total. The molecule has 0 spiro atoms. The minimum absolute atomic E-state index is 0.191. The molecule has 0 amide bonds. The first-order valence-electron chi connectivity index (χ1n) is 4.68. The van der Waals surface area contributed by atoms with Gasteiger partial charge in [0, 0.05) is 6.92 Å². The second-order valence-electron chi connectivity index (χ2n) is 4.19. The molecule has 0 saturated heterocycles. The summed E-state index contributed by atoms with van der Waals surface area (Å²) in [6, 6.07) is 0. The van der Waals surface area contributed by atoms with E-state index in [0.717, 1.165) is 0 Å². The molecule has 0 fully saturated rings. The number of allylic oxidation sites excluding steroid dienone is 1. The smallest absolute Gasteiger partial charge is 0.303 e. The zero-order chi connectivity index (χ0) is 11.2. The largest absolute Gasteiger partial charge is 0.459 e. The van der Waals surface area contributed by atoms with Crippen LogP contribution in [-0.2, 0) is 9.53 Å². The van der Waals surface area contributed by atoms with E-state index in [4.69, 9.17) is 4.74 Å². The Hall–Kier alpha value is -1.01. The van der Waals surface area contributed by atoms with Gasteiger partial charge in [0.1, 0.15) is 14.2 Å². The number of hydrogen-bond acceptors (Lipinski definition) is 2. The molecule has 14 heavy (non-hydrogen) atoms. The van der Waals surface area contributed by atoms with Crippen LogP contribution in [0.3, 0.4) is 0 Å². The standard InChI is InChI=1S/C11H18O2Si/c1-10(13-11(2)12)8-6-7-9-14(3,4)5/h6,8,10H,1-5H3/b8-6+/t10-/m1/s1. The highest BCUT2D eigenvalue weighted by molar-refractivity contribution is 6.83. The lowest BCUT2D eigenvalue weighted by atomic mass is 10.3. The van der Waals surface area contributed by atoms with Crippen molar-refractivity contribution in [1.82, 2.24) is 0 Å². The average molecular weight is 210 g/mol. The van der Waals surface area contributed by atoms with Gasteiger partial charge in [0.15, 0.2) is 0 Å². The van der Waals surface area contributed by atoms with Crippen LogP contribution in [0.4, 0.5) is 0 Å². The predicted octanol–water partition coefficient (Wildman–Crippen LogP) is 2.38. The van der Waals surface area contributed by atoms with E-state index in [1.165, 1.54) is 6.92 Å². The SMILES string of the molecule is CC(=O)O[C@H](C)/C=C/C#C[Si](C)(C)C.